The van der Waals surface area contributed by atoms with Crippen LogP contribution in [-0.2, 0) is 6.42 Å². The van der Waals surface area contributed by atoms with Crippen molar-refractivity contribution in [2.24, 2.45) is 0 Å². The number of H-pyrrole nitrogens is 2. The molecule has 4 rings (SSSR count). The van der Waals surface area contributed by atoms with Crippen LogP contribution in [0, 0.1) is 0 Å². The van der Waals surface area contributed by atoms with E-state index >= 15 is 0 Å². The quantitative estimate of drug-likeness (QED) is 0.712. The summed E-state index contributed by atoms with van der Waals surface area (Å²) < 4.78 is 0. The van der Waals surface area contributed by atoms with E-state index in [1.807, 2.05) is 18.2 Å². The molecule has 5 heteroatoms. The highest BCUT2D eigenvalue weighted by Gasteiger charge is 2.20. The van der Waals surface area contributed by atoms with Crippen molar-refractivity contribution in [1.82, 2.24) is 14.9 Å². The number of benzene rings is 2. The third-order valence-corrected chi connectivity index (χ3v) is 5.28. The first-order valence-corrected chi connectivity index (χ1v) is 9.21. The Kier molecular flexibility index (Phi) is 4.71. The molecule has 1 atom stereocenters. The lowest BCUT2D eigenvalue weighted by atomic mass is 9.90. The van der Waals surface area contributed by atoms with E-state index in [0.717, 1.165) is 26.1 Å². The van der Waals surface area contributed by atoms with Crippen LogP contribution in [0.5, 0.6) is 0 Å². The summed E-state index contributed by atoms with van der Waals surface area (Å²) in [4.78, 5) is 30.7. The molecule has 1 aliphatic rings. The highest BCUT2D eigenvalue weighted by Crippen LogP contribution is 2.26. The third kappa shape index (κ3) is 3.63. The molecule has 0 aliphatic carbocycles. The monoisotopic (exact) mass is 349 g/mol. The van der Waals surface area contributed by atoms with Gasteiger partial charge in [-0.15, -0.1) is 0 Å². The topological polar surface area (TPSA) is 69.0 Å². The molecule has 2 heterocycles. The molecule has 1 aliphatic heterocycles. The largest absolute Gasteiger partial charge is 0.316 e. The minimum Gasteiger partial charge on any atom is -0.316 e. The predicted octanol–water partition coefficient (Wildman–Crippen LogP) is 2.64. The maximum absolute atomic E-state index is 11.5. The average molecular weight is 349 g/mol. The Bertz CT molecular complexity index is 1010. The number of hydrogen-bond donors (Lipinski definition) is 2. The number of hydrogen-bond acceptors (Lipinski definition) is 3. The standard InChI is InChI=1S/C21H23N3O2/c25-20-21(26)23-19-13-15(8-9-18(19)22-20)10-12-24-11-4-7-17(14-24)16-5-2-1-3-6-16/h1-3,5-6,8-9,13,17H,4,7,10-12,14H2,(H,22,25)(H,23,26). The first kappa shape index (κ1) is 16.8. The first-order chi connectivity index (χ1) is 12.7. The van der Waals surface area contributed by atoms with Crippen LogP contribution in [0.3, 0.4) is 0 Å². The summed E-state index contributed by atoms with van der Waals surface area (Å²) in [6.45, 7) is 3.24. The Hall–Kier alpha value is -2.66. The van der Waals surface area contributed by atoms with Gasteiger partial charge in [-0.1, -0.05) is 36.4 Å². The second-order valence-electron chi connectivity index (χ2n) is 7.09. The number of aromatic amines is 2. The first-order valence-electron chi connectivity index (χ1n) is 9.21. The van der Waals surface area contributed by atoms with E-state index in [4.69, 9.17) is 0 Å². The molecule has 1 fully saturated rings. The minimum atomic E-state index is -0.606. The fraction of sp³-hybridized carbons (Fsp3) is 0.333. The number of nitrogens with one attached hydrogen (secondary N) is 2. The van der Waals surface area contributed by atoms with Gasteiger partial charge in [0.1, 0.15) is 0 Å². The lowest BCUT2D eigenvalue weighted by Gasteiger charge is -2.33. The van der Waals surface area contributed by atoms with Crippen molar-refractivity contribution in [1.29, 1.82) is 0 Å². The Morgan fingerprint density at radius 1 is 0.962 bits per heavy atom. The van der Waals surface area contributed by atoms with E-state index in [-0.39, 0.29) is 0 Å². The fourth-order valence-corrected chi connectivity index (χ4v) is 3.86. The maximum atomic E-state index is 11.5. The molecule has 0 saturated carbocycles. The SMILES string of the molecule is O=c1[nH]c2ccc(CCN3CCCC(c4ccccc4)C3)cc2[nH]c1=O. The molecule has 2 N–H and O–H groups in total. The molecule has 0 bridgehead atoms. The number of nitrogens with zero attached hydrogens (tertiary/aromatic N) is 1. The molecule has 0 spiro atoms. The fourth-order valence-electron chi connectivity index (χ4n) is 3.86. The van der Waals surface area contributed by atoms with Crippen molar-refractivity contribution >= 4 is 11.0 Å². The summed E-state index contributed by atoms with van der Waals surface area (Å²) in [5, 5.41) is 0. The average Bonchev–Trinajstić information content (AvgIpc) is 2.68. The summed E-state index contributed by atoms with van der Waals surface area (Å²) in [6, 6.07) is 16.6. The zero-order valence-electron chi connectivity index (χ0n) is 14.7. The van der Waals surface area contributed by atoms with Crippen LogP contribution in [0.4, 0.5) is 0 Å². The van der Waals surface area contributed by atoms with Gasteiger partial charge in [0.15, 0.2) is 0 Å². The van der Waals surface area contributed by atoms with Gasteiger partial charge in [-0.25, -0.2) is 0 Å². The highest BCUT2D eigenvalue weighted by molar-refractivity contribution is 5.74. The van der Waals surface area contributed by atoms with Gasteiger partial charge in [0.05, 0.1) is 11.0 Å². The molecule has 0 amide bonds. The summed E-state index contributed by atoms with van der Waals surface area (Å²) >= 11 is 0. The van der Waals surface area contributed by atoms with Crippen LogP contribution in [0.15, 0.2) is 58.1 Å². The van der Waals surface area contributed by atoms with Gasteiger partial charge in [-0.05, 0) is 55.0 Å². The van der Waals surface area contributed by atoms with Crippen molar-refractivity contribution in [3.63, 3.8) is 0 Å². The summed E-state index contributed by atoms with van der Waals surface area (Å²) in [5.74, 6) is 0.614. The molecule has 3 aromatic rings. The Balaban J connectivity index is 1.43. The number of rotatable bonds is 4. The van der Waals surface area contributed by atoms with Crippen molar-refractivity contribution in [2.45, 2.75) is 25.2 Å². The second kappa shape index (κ2) is 7.30. The molecular weight excluding hydrogens is 326 g/mol. The minimum absolute atomic E-state index is 0.601. The Labute approximate surface area is 151 Å². The Morgan fingerprint density at radius 3 is 2.54 bits per heavy atom. The van der Waals surface area contributed by atoms with Crippen LogP contribution in [0.1, 0.15) is 29.9 Å². The summed E-state index contributed by atoms with van der Waals surface area (Å²) in [6.07, 6.45) is 3.41. The van der Waals surface area contributed by atoms with E-state index < -0.39 is 11.1 Å². The molecule has 2 aromatic carbocycles. The van der Waals surface area contributed by atoms with Crippen molar-refractivity contribution < 1.29 is 0 Å². The molecule has 5 nitrogen and oxygen atoms in total. The zero-order chi connectivity index (χ0) is 17.9. The van der Waals surface area contributed by atoms with E-state index in [1.165, 1.54) is 24.0 Å². The van der Waals surface area contributed by atoms with Gasteiger partial charge in [0, 0.05) is 13.1 Å². The van der Waals surface area contributed by atoms with Gasteiger partial charge in [-0.3, -0.25) is 9.59 Å². The molecule has 1 unspecified atom stereocenters. The predicted molar refractivity (Wildman–Crippen MR) is 104 cm³/mol. The molecule has 1 aromatic heterocycles. The summed E-state index contributed by atoms with van der Waals surface area (Å²) in [7, 11) is 0. The van der Waals surface area contributed by atoms with Crippen LogP contribution >= 0.6 is 0 Å². The van der Waals surface area contributed by atoms with Gasteiger partial charge in [-0.2, -0.15) is 0 Å². The molecule has 134 valence electrons. The lowest BCUT2D eigenvalue weighted by molar-refractivity contribution is 0.210. The van der Waals surface area contributed by atoms with Crippen LogP contribution in [0.25, 0.3) is 11.0 Å². The van der Waals surface area contributed by atoms with Crippen LogP contribution in [0.2, 0.25) is 0 Å². The maximum Gasteiger partial charge on any atom is 0.314 e. The molecule has 1 saturated heterocycles. The molecular formula is C21H23N3O2. The van der Waals surface area contributed by atoms with Gasteiger partial charge in [0.25, 0.3) is 0 Å². The van der Waals surface area contributed by atoms with Gasteiger partial charge < -0.3 is 14.9 Å². The van der Waals surface area contributed by atoms with E-state index in [0.29, 0.717) is 17.0 Å². The number of fused-ring (bicyclic) bond motifs is 1. The van der Waals surface area contributed by atoms with Crippen molar-refractivity contribution in [3.05, 3.63) is 80.4 Å². The number of aromatic nitrogens is 2. The highest BCUT2D eigenvalue weighted by atomic mass is 16.2. The van der Waals surface area contributed by atoms with Gasteiger partial charge in [0.2, 0.25) is 0 Å². The smallest absolute Gasteiger partial charge is 0.314 e. The molecule has 0 radical (unpaired) electrons. The van der Waals surface area contributed by atoms with Crippen molar-refractivity contribution in [3.8, 4) is 0 Å². The van der Waals surface area contributed by atoms with Crippen LogP contribution in [-0.4, -0.2) is 34.5 Å². The summed E-state index contributed by atoms with van der Waals surface area (Å²) in [5.41, 5.74) is 2.75. The van der Waals surface area contributed by atoms with Crippen molar-refractivity contribution in [2.75, 3.05) is 19.6 Å². The van der Waals surface area contributed by atoms with E-state index in [9.17, 15) is 9.59 Å². The third-order valence-electron chi connectivity index (χ3n) is 5.28. The van der Waals surface area contributed by atoms with Gasteiger partial charge >= 0.3 is 11.1 Å². The zero-order valence-corrected chi connectivity index (χ0v) is 14.7. The number of piperidine rings is 1. The molecule has 26 heavy (non-hydrogen) atoms. The second-order valence-corrected chi connectivity index (χ2v) is 7.09. The Morgan fingerprint density at radius 2 is 1.73 bits per heavy atom. The van der Waals surface area contributed by atoms with E-state index in [1.54, 1.807) is 0 Å². The normalized spacial score (nSPS) is 18.2. The van der Waals surface area contributed by atoms with E-state index in [2.05, 4.69) is 45.2 Å². The number of likely N-dealkylation sites (tertiary alicyclic amines) is 1. The van der Waals surface area contributed by atoms with Crippen LogP contribution < -0.4 is 11.1 Å². The lowest BCUT2D eigenvalue weighted by Crippen LogP contribution is -2.35.